The summed E-state index contributed by atoms with van der Waals surface area (Å²) in [4.78, 5) is 0. The van der Waals surface area contributed by atoms with Crippen molar-refractivity contribution in [1.29, 1.82) is 0 Å². The Hall–Kier alpha value is -2.63. The molecular weight excluding hydrogens is 621 g/mol. The molecule has 0 amide bonds. The molecule has 2 aliphatic rings. The molecule has 0 heterocycles. The molecule has 45 heavy (non-hydrogen) atoms. The Morgan fingerprint density at radius 1 is 0.711 bits per heavy atom. The van der Waals surface area contributed by atoms with Gasteiger partial charge in [-0.1, -0.05) is 19.8 Å². The normalized spacial score (nSPS) is 23.6. The maximum atomic E-state index is 15.1. The molecule has 2 aromatic carbocycles. The van der Waals surface area contributed by atoms with Crippen molar-refractivity contribution in [2.45, 2.75) is 114 Å². The van der Waals surface area contributed by atoms with Crippen LogP contribution in [0, 0.1) is 29.2 Å². The fourth-order valence-electron chi connectivity index (χ4n) is 6.55. The van der Waals surface area contributed by atoms with Crippen molar-refractivity contribution >= 4 is 5.83 Å². The lowest BCUT2D eigenvalue weighted by Gasteiger charge is -2.37. The van der Waals surface area contributed by atoms with Crippen molar-refractivity contribution in [1.82, 2.24) is 0 Å². The second-order valence-corrected chi connectivity index (χ2v) is 12.1. The zero-order valence-electron chi connectivity index (χ0n) is 24.7. The lowest BCUT2D eigenvalue weighted by molar-refractivity contribution is -0.300. The molecule has 0 saturated heterocycles. The molecule has 0 N–H and O–H groups in total. The third-order valence-electron chi connectivity index (χ3n) is 9.00. The number of alkyl halides is 5. The van der Waals surface area contributed by atoms with Crippen molar-refractivity contribution in [3.8, 4) is 0 Å². The van der Waals surface area contributed by atoms with E-state index in [1.807, 2.05) is 6.92 Å². The first-order valence-electron chi connectivity index (χ1n) is 15.3. The van der Waals surface area contributed by atoms with Gasteiger partial charge in [0.1, 0.15) is 34.7 Å². The van der Waals surface area contributed by atoms with Crippen molar-refractivity contribution < 1.29 is 53.0 Å². The summed E-state index contributed by atoms with van der Waals surface area (Å²) in [5.41, 5.74) is -2.87. The van der Waals surface area contributed by atoms with Crippen LogP contribution >= 0.6 is 0 Å². The Bertz CT molecular complexity index is 1300. The maximum absolute atomic E-state index is 15.1. The SMILES string of the molecule is CCCCCC(F)=C(F)c1cc(F)c(C2CCC(C(F)(F)OC3CCC(c4cc(F)c(C(F)(F)F)c(F)c4)CC3)CC2)c(F)c1. The molecule has 0 bridgehead atoms. The van der Waals surface area contributed by atoms with Crippen LogP contribution in [0.2, 0.25) is 0 Å². The van der Waals surface area contributed by atoms with Gasteiger partial charge in [-0.3, -0.25) is 0 Å². The summed E-state index contributed by atoms with van der Waals surface area (Å²) in [7, 11) is 0. The van der Waals surface area contributed by atoms with Crippen molar-refractivity contribution in [3.05, 3.63) is 75.6 Å². The van der Waals surface area contributed by atoms with Crippen LogP contribution in [0.3, 0.4) is 0 Å². The lowest BCUT2D eigenvalue weighted by Crippen LogP contribution is -2.38. The summed E-state index contributed by atoms with van der Waals surface area (Å²) in [6.45, 7) is 1.89. The molecule has 4 rings (SSSR count). The van der Waals surface area contributed by atoms with Gasteiger partial charge in [-0.05, 0) is 99.5 Å². The predicted molar refractivity (Wildman–Crippen MR) is 147 cm³/mol. The van der Waals surface area contributed by atoms with Gasteiger partial charge in [-0.2, -0.15) is 22.0 Å². The summed E-state index contributed by atoms with van der Waals surface area (Å²) in [5, 5.41) is 0. The molecule has 0 atom stereocenters. The van der Waals surface area contributed by atoms with Gasteiger partial charge in [0.2, 0.25) is 0 Å². The van der Waals surface area contributed by atoms with E-state index in [9.17, 15) is 39.5 Å². The van der Waals surface area contributed by atoms with Gasteiger partial charge < -0.3 is 4.74 Å². The number of halogens is 11. The number of unbranched alkanes of at least 4 members (excludes halogenated alkanes) is 2. The predicted octanol–water partition coefficient (Wildman–Crippen LogP) is 12.1. The Morgan fingerprint density at radius 3 is 1.76 bits per heavy atom. The van der Waals surface area contributed by atoms with E-state index in [2.05, 4.69) is 0 Å². The molecule has 2 saturated carbocycles. The third kappa shape index (κ3) is 8.40. The van der Waals surface area contributed by atoms with Crippen LogP contribution in [0.4, 0.5) is 48.3 Å². The van der Waals surface area contributed by atoms with Crippen LogP contribution in [0.15, 0.2) is 30.1 Å². The minimum Gasteiger partial charge on any atom is -0.317 e. The quantitative estimate of drug-likeness (QED) is 0.183. The summed E-state index contributed by atoms with van der Waals surface area (Å²) < 4.78 is 160. The van der Waals surface area contributed by atoms with Crippen molar-refractivity contribution in [2.75, 3.05) is 0 Å². The molecule has 2 aromatic rings. The first-order valence-corrected chi connectivity index (χ1v) is 15.3. The summed E-state index contributed by atoms with van der Waals surface area (Å²) in [6.07, 6.45) is -7.68. The standard InChI is InChI=1S/C33H35F11O/c1-2-3-4-5-24(34)31(39)21-16-25(35)29(26(36)17-21)19-6-10-22(11-7-19)33(43,44)45-23-12-8-18(9-13-23)20-14-27(37)30(28(38)15-20)32(40,41)42/h14-19,22-23H,2-13H2,1H3. The van der Waals surface area contributed by atoms with Gasteiger partial charge in [0.05, 0.1) is 12.0 Å². The van der Waals surface area contributed by atoms with E-state index < -0.39 is 82.2 Å². The zero-order chi connectivity index (χ0) is 33.1. The second kappa shape index (κ2) is 14.4. The Labute approximate surface area is 254 Å². The highest BCUT2D eigenvalue weighted by atomic mass is 19.4. The van der Waals surface area contributed by atoms with Crippen LogP contribution in [0.25, 0.3) is 5.83 Å². The molecule has 12 heteroatoms. The monoisotopic (exact) mass is 656 g/mol. The molecular formula is C33H35F11O. The molecule has 0 spiro atoms. The van der Waals surface area contributed by atoms with Crippen LogP contribution < -0.4 is 0 Å². The minimum absolute atomic E-state index is 0.0122. The van der Waals surface area contributed by atoms with Gasteiger partial charge in [-0.25, -0.2) is 26.3 Å². The molecule has 0 aliphatic heterocycles. The van der Waals surface area contributed by atoms with E-state index in [0.717, 1.165) is 18.6 Å². The maximum Gasteiger partial charge on any atom is 0.422 e. The first kappa shape index (κ1) is 35.2. The number of rotatable bonds is 10. The van der Waals surface area contributed by atoms with Gasteiger partial charge in [-0.15, -0.1) is 0 Å². The fourth-order valence-corrected chi connectivity index (χ4v) is 6.55. The van der Waals surface area contributed by atoms with Crippen LogP contribution in [0.5, 0.6) is 0 Å². The van der Waals surface area contributed by atoms with Crippen LogP contribution in [-0.4, -0.2) is 12.2 Å². The number of allylic oxidation sites excluding steroid dienone is 1. The average Bonchev–Trinajstić information content (AvgIpc) is 2.96. The van der Waals surface area contributed by atoms with E-state index >= 15 is 8.78 Å². The lowest BCUT2D eigenvalue weighted by atomic mass is 9.77. The minimum atomic E-state index is -5.19. The highest BCUT2D eigenvalue weighted by Gasteiger charge is 2.46. The Balaban J connectivity index is 1.32. The molecule has 2 aliphatic carbocycles. The summed E-state index contributed by atoms with van der Waals surface area (Å²) in [6, 6.07) is 2.70. The van der Waals surface area contributed by atoms with Crippen molar-refractivity contribution in [2.24, 2.45) is 5.92 Å². The fraction of sp³-hybridized carbons (Fsp3) is 0.576. The Morgan fingerprint density at radius 2 is 1.24 bits per heavy atom. The molecule has 0 aromatic heterocycles. The van der Waals surface area contributed by atoms with E-state index in [1.54, 1.807) is 0 Å². The topological polar surface area (TPSA) is 9.23 Å². The molecule has 1 nitrogen and oxygen atoms in total. The van der Waals surface area contributed by atoms with Crippen molar-refractivity contribution in [3.63, 3.8) is 0 Å². The number of ether oxygens (including phenoxy) is 1. The highest BCUT2D eigenvalue weighted by molar-refractivity contribution is 5.61. The first-order chi connectivity index (χ1) is 21.1. The summed E-state index contributed by atoms with van der Waals surface area (Å²) >= 11 is 0. The van der Waals surface area contributed by atoms with Gasteiger partial charge >= 0.3 is 12.3 Å². The second-order valence-electron chi connectivity index (χ2n) is 12.1. The Kier molecular flexibility index (Phi) is 11.3. The van der Waals surface area contributed by atoms with Crippen LogP contribution in [0.1, 0.15) is 118 Å². The van der Waals surface area contributed by atoms with Crippen LogP contribution in [-0.2, 0) is 10.9 Å². The van der Waals surface area contributed by atoms with Gasteiger partial charge in [0.25, 0.3) is 0 Å². The summed E-state index contributed by atoms with van der Waals surface area (Å²) in [5.74, 6) is -10.5. The largest absolute Gasteiger partial charge is 0.422 e. The average molecular weight is 657 g/mol. The number of benzene rings is 2. The number of hydrogen-bond donors (Lipinski definition) is 0. The molecule has 2 fully saturated rings. The molecule has 0 radical (unpaired) electrons. The third-order valence-corrected chi connectivity index (χ3v) is 9.00. The van der Waals surface area contributed by atoms with E-state index in [1.165, 1.54) is 0 Å². The number of hydrogen-bond acceptors (Lipinski definition) is 1. The molecule has 0 unspecified atom stereocenters. The van der Waals surface area contributed by atoms with E-state index in [-0.39, 0.29) is 68.9 Å². The van der Waals surface area contributed by atoms with Gasteiger partial charge in [0, 0.05) is 17.5 Å². The molecule has 250 valence electrons. The van der Waals surface area contributed by atoms with E-state index in [0.29, 0.717) is 25.0 Å². The highest BCUT2D eigenvalue weighted by Crippen LogP contribution is 2.46. The smallest absolute Gasteiger partial charge is 0.317 e. The zero-order valence-corrected chi connectivity index (χ0v) is 24.7. The van der Waals surface area contributed by atoms with Gasteiger partial charge in [0.15, 0.2) is 5.83 Å². The van der Waals surface area contributed by atoms with E-state index in [4.69, 9.17) is 4.74 Å².